The highest BCUT2D eigenvalue weighted by Gasteiger charge is 2.16. The van der Waals surface area contributed by atoms with Crippen molar-refractivity contribution in [1.29, 1.82) is 0 Å². The Morgan fingerprint density at radius 2 is 1.93 bits per heavy atom. The summed E-state index contributed by atoms with van der Waals surface area (Å²) in [5.74, 6) is 0.983. The monoisotopic (exact) mass is 213 g/mol. The second-order valence-corrected chi connectivity index (χ2v) is 4.67. The fourth-order valence-electron chi connectivity index (χ4n) is 2.05. The Balaban J connectivity index is 1.79. The molecule has 1 fully saturated rings. The quantitative estimate of drug-likeness (QED) is 0.595. The van der Waals surface area contributed by atoms with E-state index in [4.69, 9.17) is 4.74 Å². The fraction of sp³-hybridized carbons (Fsp3) is 1.00. The van der Waals surface area contributed by atoms with Crippen LogP contribution in [0.2, 0.25) is 0 Å². The molecule has 2 nitrogen and oxygen atoms in total. The molecule has 0 aromatic heterocycles. The van der Waals surface area contributed by atoms with Gasteiger partial charge in [0.15, 0.2) is 0 Å². The highest BCUT2D eigenvalue weighted by Crippen LogP contribution is 2.28. The molecule has 0 saturated heterocycles. The van der Waals surface area contributed by atoms with Crippen LogP contribution < -0.4 is 5.32 Å². The highest BCUT2D eigenvalue weighted by atomic mass is 16.5. The normalized spacial score (nSPS) is 17.0. The molecule has 2 heteroatoms. The third-order valence-electron chi connectivity index (χ3n) is 3.56. The molecule has 0 spiro atoms. The Labute approximate surface area is 94.8 Å². The first kappa shape index (κ1) is 13.0. The summed E-state index contributed by atoms with van der Waals surface area (Å²) in [4.78, 5) is 0. The molecular weight excluding hydrogens is 186 g/mol. The minimum atomic E-state index is 0.681. The smallest absolute Gasteiger partial charge is 0.0591 e. The molecule has 0 atom stereocenters. The van der Waals surface area contributed by atoms with Gasteiger partial charge >= 0.3 is 0 Å². The van der Waals surface area contributed by atoms with Crippen LogP contribution in [0.3, 0.4) is 0 Å². The minimum Gasteiger partial charge on any atom is -0.380 e. The van der Waals surface area contributed by atoms with Gasteiger partial charge in [-0.3, -0.25) is 0 Å². The number of rotatable bonds is 9. The first-order chi connectivity index (χ1) is 7.36. The van der Waals surface area contributed by atoms with E-state index in [1.807, 2.05) is 0 Å². The van der Waals surface area contributed by atoms with Crippen LogP contribution in [-0.2, 0) is 4.74 Å². The number of ether oxygens (including phenoxy) is 1. The Hall–Kier alpha value is -0.0800. The molecular formula is C13H27NO. The Morgan fingerprint density at radius 1 is 1.20 bits per heavy atom. The van der Waals surface area contributed by atoms with Crippen molar-refractivity contribution >= 4 is 0 Å². The number of hydrogen-bond donors (Lipinski definition) is 1. The molecule has 1 N–H and O–H groups in total. The summed E-state index contributed by atoms with van der Waals surface area (Å²) in [6, 6.07) is 0.681. The second-order valence-electron chi connectivity index (χ2n) is 4.67. The van der Waals surface area contributed by atoms with Crippen LogP contribution in [0.4, 0.5) is 0 Å². The van der Waals surface area contributed by atoms with Gasteiger partial charge in [0.25, 0.3) is 0 Å². The molecule has 0 aliphatic heterocycles. The molecule has 1 rings (SSSR count). The zero-order chi connectivity index (χ0) is 10.9. The summed E-state index contributed by atoms with van der Waals surface area (Å²) in [5.41, 5.74) is 0. The molecule has 0 amide bonds. The molecule has 0 aromatic rings. The van der Waals surface area contributed by atoms with Crippen molar-refractivity contribution in [2.45, 2.75) is 58.4 Å². The van der Waals surface area contributed by atoms with Gasteiger partial charge in [0.2, 0.25) is 0 Å². The van der Waals surface area contributed by atoms with Gasteiger partial charge in [-0.1, -0.05) is 33.1 Å². The van der Waals surface area contributed by atoms with Crippen molar-refractivity contribution < 1.29 is 4.74 Å². The van der Waals surface area contributed by atoms with E-state index < -0.39 is 0 Å². The maximum Gasteiger partial charge on any atom is 0.0591 e. The first-order valence-corrected chi connectivity index (χ1v) is 6.68. The Kier molecular flexibility index (Phi) is 7.03. The van der Waals surface area contributed by atoms with Gasteiger partial charge in [-0.2, -0.15) is 0 Å². The van der Waals surface area contributed by atoms with Crippen LogP contribution in [0.1, 0.15) is 52.4 Å². The topological polar surface area (TPSA) is 21.3 Å². The predicted octanol–water partition coefficient (Wildman–Crippen LogP) is 2.97. The Morgan fingerprint density at radius 3 is 2.47 bits per heavy atom. The molecule has 15 heavy (non-hydrogen) atoms. The standard InChI is InChI=1S/C13H27NO/c1-3-13(4-2)14-9-11-15-10-8-12-6-5-7-12/h12-14H,3-11H2,1-2H3. The Bertz CT molecular complexity index is 141. The average molecular weight is 213 g/mol. The average Bonchev–Trinajstić information content (AvgIpc) is 2.20. The lowest BCUT2D eigenvalue weighted by atomic mass is 9.83. The SMILES string of the molecule is CCC(CC)NCCOCCC1CCC1. The van der Waals surface area contributed by atoms with Gasteiger partial charge in [-0.15, -0.1) is 0 Å². The minimum absolute atomic E-state index is 0.681. The van der Waals surface area contributed by atoms with Crippen LogP contribution in [-0.4, -0.2) is 25.8 Å². The maximum atomic E-state index is 5.62. The van der Waals surface area contributed by atoms with Crippen molar-refractivity contribution in [2.24, 2.45) is 5.92 Å². The summed E-state index contributed by atoms with van der Waals surface area (Å²) in [5, 5.41) is 3.51. The van der Waals surface area contributed by atoms with Crippen molar-refractivity contribution in [3.05, 3.63) is 0 Å². The van der Waals surface area contributed by atoms with E-state index in [0.29, 0.717) is 6.04 Å². The van der Waals surface area contributed by atoms with Crippen LogP contribution >= 0.6 is 0 Å². The maximum absolute atomic E-state index is 5.62. The molecule has 0 heterocycles. The molecule has 0 aromatic carbocycles. The molecule has 0 radical (unpaired) electrons. The third-order valence-corrected chi connectivity index (χ3v) is 3.56. The molecule has 1 saturated carbocycles. The largest absolute Gasteiger partial charge is 0.380 e. The molecule has 0 bridgehead atoms. The summed E-state index contributed by atoms with van der Waals surface area (Å²) in [7, 11) is 0. The van der Waals surface area contributed by atoms with Gasteiger partial charge in [0, 0.05) is 19.2 Å². The lowest BCUT2D eigenvalue weighted by molar-refractivity contribution is 0.106. The first-order valence-electron chi connectivity index (χ1n) is 6.68. The van der Waals surface area contributed by atoms with E-state index >= 15 is 0 Å². The lowest BCUT2D eigenvalue weighted by Crippen LogP contribution is -2.31. The van der Waals surface area contributed by atoms with Gasteiger partial charge in [0.05, 0.1) is 6.61 Å². The lowest BCUT2D eigenvalue weighted by Gasteiger charge is -2.25. The van der Waals surface area contributed by atoms with Gasteiger partial charge in [0.1, 0.15) is 0 Å². The van der Waals surface area contributed by atoms with E-state index in [0.717, 1.165) is 25.7 Å². The van der Waals surface area contributed by atoms with Crippen LogP contribution in [0.25, 0.3) is 0 Å². The van der Waals surface area contributed by atoms with Gasteiger partial charge < -0.3 is 10.1 Å². The molecule has 0 unspecified atom stereocenters. The molecule has 1 aliphatic carbocycles. The van der Waals surface area contributed by atoms with E-state index in [1.165, 1.54) is 38.5 Å². The van der Waals surface area contributed by atoms with Crippen molar-refractivity contribution in [3.63, 3.8) is 0 Å². The van der Waals surface area contributed by atoms with Crippen molar-refractivity contribution in [3.8, 4) is 0 Å². The van der Waals surface area contributed by atoms with Crippen LogP contribution in [0, 0.1) is 5.92 Å². The predicted molar refractivity (Wildman–Crippen MR) is 65.1 cm³/mol. The second kappa shape index (κ2) is 8.12. The number of nitrogens with one attached hydrogen (secondary N) is 1. The van der Waals surface area contributed by atoms with Crippen LogP contribution in [0.15, 0.2) is 0 Å². The fourth-order valence-corrected chi connectivity index (χ4v) is 2.05. The van der Waals surface area contributed by atoms with E-state index in [-0.39, 0.29) is 0 Å². The van der Waals surface area contributed by atoms with Crippen LogP contribution in [0.5, 0.6) is 0 Å². The van der Waals surface area contributed by atoms with E-state index in [9.17, 15) is 0 Å². The van der Waals surface area contributed by atoms with Gasteiger partial charge in [-0.25, -0.2) is 0 Å². The van der Waals surface area contributed by atoms with Crippen molar-refractivity contribution in [1.82, 2.24) is 5.32 Å². The number of hydrogen-bond acceptors (Lipinski definition) is 2. The van der Waals surface area contributed by atoms with E-state index in [2.05, 4.69) is 19.2 Å². The highest BCUT2D eigenvalue weighted by molar-refractivity contribution is 4.68. The van der Waals surface area contributed by atoms with Crippen molar-refractivity contribution in [2.75, 3.05) is 19.8 Å². The van der Waals surface area contributed by atoms with Gasteiger partial charge in [-0.05, 0) is 25.2 Å². The summed E-state index contributed by atoms with van der Waals surface area (Å²) in [6.07, 6.45) is 8.05. The van der Waals surface area contributed by atoms with E-state index in [1.54, 1.807) is 0 Å². The zero-order valence-corrected chi connectivity index (χ0v) is 10.4. The summed E-state index contributed by atoms with van der Waals surface area (Å²) < 4.78 is 5.62. The third kappa shape index (κ3) is 5.53. The summed E-state index contributed by atoms with van der Waals surface area (Å²) >= 11 is 0. The zero-order valence-electron chi connectivity index (χ0n) is 10.4. The molecule has 90 valence electrons. The molecule has 1 aliphatic rings. The summed E-state index contributed by atoms with van der Waals surface area (Å²) in [6.45, 7) is 7.33.